The Morgan fingerprint density at radius 2 is 0.778 bits per heavy atom. The molecule has 3 nitrogen and oxygen atoms in total. The van der Waals surface area contributed by atoms with Gasteiger partial charge < -0.3 is 4.40 Å². The number of hydrogen-bond acceptors (Lipinski definition) is 2. The summed E-state index contributed by atoms with van der Waals surface area (Å²) in [6.07, 6.45) is 0. The number of para-hydroxylation sites is 2. The second-order valence-corrected chi connectivity index (χ2v) is 16.8. The predicted molar refractivity (Wildman–Crippen MR) is 264 cm³/mol. The van der Waals surface area contributed by atoms with Crippen LogP contribution in [0.2, 0.25) is 0 Å². The summed E-state index contributed by atoms with van der Waals surface area (Å²) in [5.74, 6) is 0.712. The van der Waals surface area contributed by atoms with Gasteiger partial charge in [0.1, 0.15) is 0 Å². The molecule has 0 saturated heterocycles. The van der Waals surface area contributed by atoms with Gasteiger partial charge in [0.05, 0.1) is 27.9 Å². The zero-order valence-corrected chi connectivity index (χ0v) is 35.0. The largest absolute Gasteiger partial charge is 0.307 e. The van der Waals surface area contributed by atoms with E-state index in [1.54, 1.807) is 0 Å². The van der Waals surface area contributed by atoms with E-state index in [2.05, 4.69) is 206 Å². The predicted octanol–water partition coefficient (Wildman–Crippen LogP) is 15.9. The normalized spacial score (nSPS) is 11.7. The molecule has 0 aliphatic rings. The second-order valence-electron chi connectivity index (χ2n) is 16.8. The molecule has 12 aromatic rings. The summed E-state index contributed by atoms with van der Waals surface area (Å²) in [7, 11) is 0. The Morgan fingerprint density at radius 1 is 0.302 bits per heavy atom. The van der Waals surface area contributed by atoms with E-state index in [1.807, 2.05) is 24.3 Å². The Hall–Kier alpha value is -8.14. The van der Waals surface area contributed by atoms with E-state index in [-0.39, 0.29) is 0 Å². The van der Waals surface area contributed by atoms with Crippen LogP contribution in [0.1, 0.15) is 11.1 Å². The lowest BCUT2D eigenvalue weighted by atomic mass is 9.94. The van der Waals surface area contributed by atoms with Crippen LogP contribution in [-0.4, -0.2) is 14.4 Å². The molecular weight excluding hydrogens is 763 g/mol. The van der Waals surface area contributed by atoms with E-state index in [1.165, 1.54) is 82.6 Å². The highest BCUT2D eigenvalue weighted by molar-refractivity contribution is 6.25. The first-order valence-corrected chi connectivity index (χ1v) is 21.6. The minimum Gasteiger partial charge on any atom is -0.307 e. The van der Waals surface area contributed by atoms with Gasteiger partial charge in [-0.15, -0.1) is 0 Å². The van der Waals surface area contributed by atoms with E-state index < -0.39 is 0 Å². The summed E-state index contributed by atoms with van der Waals surface area (Å²) in [6.45, 7) is 4.36. The fourth-order valence-electron chi connectivity index (χ4n) is 9.74. The van der Waals surface area contributed by atoms with Crippen LogP contribution in [-0.2, 0) is 0 Å². The number of nitrogens with zero attached hydrogens (tertiary/aromatic N) is 3. The summed E-state index contributed by atoms with van der Waals surface area (Å²) >= 11 is 0. The van der Waals surface area contributed by atoms with Crippen LogP contribution < -0.4 is 0 Å². The second kappa shape index (κ2) is 14.8. The average molecular weight is 804 g/mol. The molecule has 0 N–H and O–H groups in total. The molecule has 63 heavy (non-hydrogen) atoms. The molecule has 0 atom stereocenters. The fraction of sp³-hybridized carbons (Fsp3) is 0.0333. The van der Waals surface area contributed by atoms with E-state index in [0.717, 1.165) is 39.2 Å². The van der Waals surface area contributed by atoms with Crippen LogP contribution in [0, 0.1) is 13.8 Å². The minimum atomic E-state index is 0.712. The molecule has 0 bridgehead atoms. The lowest BCUT2D eigenvalue weighted by Crippen LogP contribution is -1.96. The molecule has 0 fully saturated rings. The van der Waals surface area contributed by atoms with Crippen molar-refractivity contribution >= 4 is 38.1 Å². The van der Waals surface area contributed by atoms with Crippen molar-refractivity contribution in [2.75, 3.05) is 0 Å². The molecule has 0 spiro atoms. The first kappa shape index (κ1) is 36.7. The first-order valence-electron chi connectivity index (χ1n) is 21.6. The van der Waals surface area contributed by atoms with Crippen molar-refractivity contribution in [3.8, 4) is 78.4 Å². The Morgan fingerprint density at radius 3 is 1.44 bits per heavy atom. The zero-order chi connectivity index (χ0) is 42.0. The van der Waals surface area contributed by atoms with E-state index in [0.29, 0.717) is 5.82 Å². The first-order chi connectivity index (χ1) is 31.0. The Labute approximate surface area is 366 Å². The number of aryl methyl sites for hydroxylation is 2. The van der Waals surface area contributed by atoms with Crippen molar-refractivity contribution in [3.05, 3.63) is 223 Å². The molecule has 0 unspecified atom stereocenters. The maximum Gasteiger partial charge on any atom is 0.160 e. The van der Waals surface area contributed by atoms with Crippen LogP contribution in [0.3, 0.4) is 0 Å². The van der Waals surface area contributed by atoms with Crippen molar-refractivity contribution in [2.24, 2.45) is 0 Å². The number of rotatable bonds is 7. The molecule has 0 aliphatic heterocycles. The summed E-state index contributed by atoms with van der Waals surface area (Å²) in [5.41, 5.74) is 20.7. The molecule has 12 rings (SSSR count). The maximum absolute atomic E-state index is 5.11. The van der Waals surface area contributed by atoms with Gasteiger partial charge in [-0.2, -0.15) is 0 Å². The SMILES string of the molecule is Cc1cc(C)cc(-c2ccc3c4cccc5c6cccc(-c7cccc(-c8cccc(-c9cccc(-c%10cc(-c%11ccccc%11)nc(-c%11ccccc%11)n%10)c9)c8)c7)c6n(c3c2)c45)c1. The van der Waals surface area contributed by atoms with Crippen molar-refractivity contribution < 1.29 is 0 Å². The van der Waals surface area contributed by atoms with Crippen molar-refractivity contribution in [2.45, 2.75) is 13.8 Å². The molecule has 0 saturated carbocycles. The standard InChI is InChI=1S/C60H41N3/c1-38-30-39(2)32-49(31-38)46-28-29-51-52-25-13-27-54-53-26-12-24-50(58(53)63(59(52)54)57(51)36-46)47-22-10-20-44(34-47)42-18-9-19-43(33-42)45-21-11-23-48(35-45)56-37-55(40-14-5-3-6-15-40)61-60(62-56)41-16-7-4-8-17-41/h3-37H,1-2H3. The number of aromatic nitrogens is 3. The van der Waals surface area contributed by atoms with E-state index >= 15 is 0 Å². The summed E-state index contributed by atoms with van der Waals surface area (Å²) in [6, 6.07) is 76.7. The van der Waals surface area contributed by atoms with Gasteiger partial charge in [0, 0.05) is 43.8 Å². The van der Waals surface area contributed by atoms with Gasteiger partial charge in [-0.3, -0.25) is 0 Å². The Balaban J connectivity index is 0.950. The fourth-order valence-corrected chi connectivity index (χ4v) is 9.74. The van der Waals surface area contributed by atoms with Gasteiger partial charge in [0.2, 0.25) is 0 Å². The molecular formula is C60H41N3. The van der Waals surface area contributed by atoms with Gasteiger partial charge in [0.15, 0.2) is 5.82 Å². The highest BCUT2D eigenvalue weighted by Crippen LogP contribution is 2.44. The summed E-state index contributed by atoms with van der Waals surface area (Å²) in [4.78, 5) is 10.1. The van der Waals surface area contributed by atoms with Gasteiger partial charge in [-0.25, -0.2) is 9.97 Å². The quantitative estimate of drug-likeness (QED) is 0.161. The van der Waals surface area contributed by atoms with E-state index in [4.69, 9.17) is 9.97 Å². The number of hydrogen-bond donors (Lipinski definition) is 0. The van der Waals surface area contributed by atoms with Crippen molar-refractivity contribution in [1.29, 1.82) is 0 Å². The van der Waals surface area contributed by atoms with Gasteiger partial charge in [-0.1, -0.05) is 193 Å². The molecule has 296 valence electrons. The van der Waals surface area contributed by atoms with Gasteiger partial charge in [0.25, 0.3) is 0 Å². The third-order valence-corrected chi connectivity index (χ3v) is 12.6. The van der Waals surface area contributed by atoms with Crippen LogP contribution in [0.15, 0.2) is 212 Å². The summed E-state index contributed by atoms with van der Waals surface area (Å²) < 4.78 is 2.53. The summed E-state index contributed by atoms with van der Waals surface area (Å²) in [5, 5.41) is 5.13. The molecule has 9 aromatic carbocycles. The molecule has 3 heterocycles. The molecule has 0 aliphatic carbocycles. The van der Waals surface area contributed by atoms with Crippen molar-refractivity contribution in [1.82, 2.24) is 14.4 Å². The van der Waals surface area contributed by atoms with Gasteiger partial charge in [-0.05, 0) is 83.1 Å². The van der Waals surface area contributed by atoms with Crippen molar-refractivity contribution in [3.63, 3.8) is 0 Å². The third kappa shape index (κ3) is 6.36. The molecule has 3 aromatic heterocycles. The minimum absolute atomic E-state index is 0.712. The van der Waals surface area contributed by atoms with Crippen LogP contribution in [0.4, 0.5) is 0 Å². The lowest BCUT2D eigenvalue weighted by Gasteiger charge is -2.12. The highest BCUT2D eigenvalue weighted by atomic mass is 14.9. The highest BCUT2D eigenvalue weighted by Gasteiger charge is 2.21. The zero-order valence-electron chi connectivity index (χ0n) is 35.0. The number of benzene rings is 9. The molecule has 0 amide bonds. The maximum atomic E-state index is 5.11. The van der Waals surface area contributed by atoms with Crippen LogP contribution in [0.25, 0.3) is 117 Å². The Kier molecular flexibility index (Phi) is 8.62. The van der Waals surface area contributed by atoms with Gasteiger partial charge >= 0.3 is 0 Å². The third-order valence-electron chi connectivity index (χ3n) is 12.6. The number of fused-ring (bicyclic) bond motifs is 6. The smallest absolute Gasteiger partial charge is 0.160 e. The molecule has 0 radical (unpaired) electrons. The van der Waals surface area contributed by atoms with Crippen LogP contribution >= 0.6 is 0 Å². The lowest BCUT2D eigenvalue weighted by molar-refractivity contribution is 1.18. The van der Waals surface area contributed by atoms with Crippen LogP contribution in [0.5, 0.6) is 0 Å². The van der Waals surface area contributed by atoms with E-state index in [9.17, 15) is 0 Å². The molecule has 3 heteroatoms. The average Bonchev–Trinajstić information content (AvgIpc) is 3.86. The Bertz CT molecular complexity index is 3620. The monoisotopic (exact) mass is 803 g/mol. The topological polar surface area (TPSA) is 30.2 Å².